The zero-order chi connectivity index (χ0) is 32.0. The summed E-state index contributed by atoms with van der Waals surface area (Å²) in [5.41, 5.74) is 0.677. The van der Waals surface area contributed by atoms with E-state index in [1.54, 1.807) is 19.1 Å². The van der Waals surface area contributed by atoms with E-state index < -0.39 is 60.4 Å². The zero-order valence-corrected chi connectivity index (χ0v) is 25.6. The molecule has 1 aromatic heterocycles. The Balaban J connectivity index is 1.71. The van der Waals surface area contributed by atoms with Crippen molar-refractivity contribution in [2.75, 3.05) is 13.2 Å². The lowest BCUT2D eigenvalue weighted by atomic mass is 10.0. The summed E-state index contributed by atoms with van der Waals surface area (Å²) in [6, 6.07) is 1.18. The molecule has 14 heteroatoms. The van der Waals surface area contributed by atoms with Crippen molar-refractivity contribution in [3.8, 4) is 5.75 Å². The maximum Gasteiger partial charge on any atom is 0.245 e. The van der Waals surface area contributed by atoms with Crippen LogP contribution in [0, 0.1) is 5.92 Å². The Morgan fingerprint density at radius 2 is 1.52 bits per heavy atom. The van der Waals surface area contributed by atoms with Gasteiger partial charge in [0, 0.05) is 6.42 Å². The van der Waals surface area contributed by atoms with Crippen molar-refractivity contribution >= 4 is 23.6 Å². The van der Waals surface area contributed by atoms with Gasteiger partial charge in [0.1, 0.15) is 29.9 Å². The topological polar surface area (TPSA) is 199 Å². The SMILES string of the molecule is CCC1c2nnc(o2)[C@H](C)NC(=O)[C@H](Cc2ccc(O)cc2)NC(=O)[C@H](CC(C)C)NC(=O)[C@H](CO)NC(=O)[C@@H]2CCCN12. The first-order valence-corrected chi connectivity index (χ1v) is 15.2. The lowest BCUT2D eigenvalue weighted by molar-refractivity contribution is -0.135. The van der Waals surface area contributed by atoms with Crippen LogP contribution in [0.3, 0.4) is 0 Å². The second-order valence-electron chi connectivity index (χ2n) is 11.9. The normalized spacial score (nSPS) is 27.5. The van der Waals surface area contributed by atoms with Gasteiger partial charge in [0.05, 0.1) is 18.7 Å². The molecule has 2 aliphatic rings. The summed E-state index contributed by atoms with van der Waals surface area (Å²) in [7, 11) is 0. The van der Waals surface area contributed by atoms with Crippen LogP contribution in [-0.2, 0) is 25.6 Å². The molecule has 4 amide bonds. The van der Waals surface area contributed by atoms with Crippen molar-refractivity contribution in [2.45, 2.75) is 96.1 Å². The Morgan fingerprint density at radius 3 is 2.18 bits per heavy atom. The van der Waals surface area contributed by atoms with Crippen LogP contribution >= 0.6 is 0 Å². The number of hydrogen-bond donors (Lipinski definition) is 6. The summed E-state index contributed by atoms with van der Waals surface area (Å²) in [4.78, 5) is 55.9. The maximum atomic E-state index is 13.6. The van der Waals surface area contributed by atoms with Crippen molar-refractivity contribution in [3.05, 3.63) is 41.6 Å². The Hall–Kier alpha value is -4.04. The van der Waals surface area contributed by atoms with E-state index >= 15 is 0 Å². The zero-order valence-electron chi connectivity index (χ0n) is 25.6. The van der Waals surface area contributed by atoms with E-state index in [0.717, 1.165) is 6.42 Å². The average molecular weight is 614 g/mol. The van der Waals surface area contributed by atoms with Gasteiger partial charge in [-0.15, -0.1) is 10.2 Å². The molecule has 1 fully saturated rings. The van der Waals surface area contributed by atoms with Gasteiger partial charge in [0.2, 0.25) is 35.4 Å². The van der Waals surface area contributed by atoms with E-state index in [0.29, 0.717) is 30.8 Å². The first-order chi connectivity index (χ1) is 21.0. The third-order valence-electron chi connectivity index (χ3n) is 8.02. The van der Waals surface area contributed by atoms with Crippen molar-refractivity contribution in [3.63, 3.8) is 0 Å². The van der Waals surface area contributed by atoms with Gasteiger partial charge in [-0.3, -0.25) is 24.1 Å². The molecule has 2 bridgehead atoms. The number of aliphatic hydroxyl groups excluding tert-OH is 1. The number of carbonyl (C=O) groups excluding carboxylic acids is 4. The number of hydrogen-bond acceptors (Lipinski definition) is 10. The molecule has 6 N–H and O–H groups in total. The van der Waals surface area contributed by atoms with E-state index in [1.165, 1.54) is 12.1 Å². The van der Waals surface area contributed by atoms with Gasteiger partial charge >= 0.3 is 0 Å². The predicted molar refractivity (Wildman–Crippen MR) is 158 cm³/mol. The minimum Gasteiger partial charge on any atom is -0.508 e. The fourth-order valence-corrected chi connectivity index (χ4v) is 5.71. The van der Waals surface area contributed by atoms with Crippen molar-refractivity contribution < 1.29 is 33.8 Å². The highest BCUT2D eigenvalue weighted by Crippen LogP contribution is 2.32. The van der Waals surface area contributed by atoms with Gasteiger partial charge in [-0.05, 0) is 62.8 Å². The van der Waals surface area contributed by atoms with Gasteiger partial charge in [0.15, 0.2) is 0 Å². The van der Waals surface area contributed by atoms with Crippen molar-refractivity contribution in [1.82, 2.24) is 36.4 Å². The number of amides is 4. The monoisotopic (exact) mass is 613 g/mol. The second-order valence-corrected chi connectivity index (χ2v) is 11.9. The number of phenols is 1. The molecule has 1 aromatic carbocycles. The summed E-state index contributed by atoms with van der Waals surface area (Å²) in [5, 5.41) is 39.1. The highest BCUT2D eigenvalue weighted by molar-refractivity contribution is 5.95. The van der Waals surface area contributed by atoms with E-state index in [9.17, 15) is 29.4 Å². The molecule has 1 saturated heterocycles. The minimum absolute atomic E-state index is 0.0137. The summed E-state index contributed by atoms with van der Waals surface area (Å²) >= 11 is 0. The Morgan fingerprint density at radius 1 is 0.909 bits per heavy atom. The molecule has 4 rings (SSSR count). The molecule has 1 unspecified atom stereocenters. The van der Waals surface area contributed by atoms with Gasteiger partial charge in [-0.25, -0.2) is 0 Å². The second kappa shape index (κ2) is 14.6. The molecule has 14 nitrogen and oxygen atoms in total. The number of nitrogens with zero attached hydrogens (tertiary/aromatic N) is 3. The first kappa shape index (κ1) is 32.9. The quantitative estimate of drug-likeness (QED) is 0.268. The van der Waals surface area contributed by atoms with Crippen LogP contribution in [0.4, 0.5) is 0 Å². The largest absolute Gasteiger partial charge is 0.508 e. The fourth-order valence-electron chi connectivity index (χ4n) is 5.71. The van der Waals surface area contributed by atoms with Crippen LogP contribution in [0.1, 0.15) is 82.8 Å². The van der Waals surface area contributed by atoms with Crippen LogP contribution in [0.2, 0.25) is 0 Å². The molecule has 0 spiro atoms. The third-order valence-corrected chi connectivity index (χ3v) is 8.02. The number of aliphatic hydroxyl groups is 1. The molecule has 0 saturated carbocycles. The predicted octanol–water partition coefficient (Wildman–Crippen LogP) is 0.617. The fraction of sp³-hybridized carbons (Fsp3) is 0.600. The summed E-state index contributed by atoms with van der Waals surface area (Å²) in [5.74, 6) is -1.73. The number of rotatable bonds is 6. The number of aromatic nitrogens is 2. The summed E-state index contributed by atoms with van der Waals surface area (Å²) in [6.45, 7) is 7.32. The van der Waals surface area contributed by atoms with Crippen molar-refractivity contribution in [1.29, 1.82) is 0 Å². The molecule has 240 valence electrons. The molecular formula is C30H43N7O7. The Bertz CT molecular complexity index is 1320. The molecule has 3 heterocycles. The molecule has 44 heavy (non-hydrogen) atoms. The first-order valence-electron chi connectivity index (χ1n) is 15.2. The van der Waals surface area contributed by atoms with Crippen LogP contribution in [-0.4, -0.2) is 86.3 Å². The maximum absolute atomic E-state index is 13.6. The number of carbonyl (C=O) groups is 4. The molecule has 2 aliphatic heterocycles. The van der Waals surface area contributed by atoms with Gasteiger partial charge in [0.25, 0.3) is 0 Å². The molecule has 2 aromatic rings. The van der Waals surface area contributed by atoms with Crippen LogP contribution < -0.4 is 21.3 Å². The van der Waals surface area contributed by atoms with E-state index in [2.05, 4.69) is 31.5 Å². The lowest BCUT2D eigenvalue weighted by Gasteiger charge is -2.31. The van der Waals surface area contributed by atoms with Gasteiger partial charge in [-0.1, -0.05) is 32.9 Å². The summed E-state index contributed by atoms with van der Waals surface area (Å²) in [6.07, 6.45) is 2.17. The Kier molecular flexibility index (Phi) is 10.9. The molecule has 0 radical (unpaired) electrons. The highest BCUT2D eigenvalue weighted by Gasteiger charge is 2.40. The summed E-state index contributed by atoms with van der Waals surface area (Å²) < 4.78 is 6.02. The van der Waals surface area contributed by atoms with Crippen LogP contribution in [0.15, 0.2) is 28.7 Å². The van der Waals surface area contributed by atoms with Crippen molar-refractivity contribution in [2.24, 2.45) is 5.92 Å². The number of fused-ring (bicyclic) bond motifs is 3. The average Bonchev–Trinajstić information content (AvgIpc) is 3.67. The van der Waals surface area contributed by atoms with E-state index in [1.807, 2.05) is 25.7 Å². The van der Waals surface area contributed by atoms with E-state index in [4.69, 9.17) is 4.42 Å². The Labute approximate surface area is 256 Å². The van der Waals surface area contributed by atoms with Gasteiger partial charge < -0.3 is 35.9 Å². The van der Waals surface area contributed by atoms with E-state index in [-0.39, 0.29) is 36.4 Å². The van der Waals surface area contributed by atoms with Gasteiger partial charge in [-0.2, -0.15) is 0 Å². The van der Waals surface area contributed by atoms with Crippen LogP contribution in [0.25, 0.3) is 0 Å². The smallest absolute Gasteiger partial charge is 0.245 e. The molecular weight excluding hydrogens is 570 g/mol. The lowest BCUT2D eigenvalue weighted by Crippen LogP contribution is -2.59. The number of phenolic OH excluding ortho intramolecular Hbond substituents is 1. The highest BCUT2D eigenvalue weighted by atomic mass is 16.4. The molecule has 0 aliphatic carbocycles. The standard InChI is InChI=1S/C30H43N7O7/c1-5-23-30-36-35-29(44-30)17(4)31-25(40)21(14-18-8-10-19(39)11-9-18)33-26(41)20(13-16(2)3)32-27(42)22(15-38)34-28(43)24-7-6-12-37(23)24/h8-11,16-17,20-24,38-39H,5-7,12-15H2,1-4H3,(H,31,40)(H,32,42)(H,33,41)(H,34,43)/t17-,20-,21-,22-,23?,24-/m0/s1. The number of aromatic hydroxyl groups is 1. The number of benzene rings is 1. The third kappa shape index (κ3) is 7.91. The van der Waals surface area contributed by atoms with Crippen LogP contribution in [0.5, 0.6) is 5.75 Å². The minimum atomic E-state index is -1.29. The number of nitrogens with one attached hydrogen (secondary N) is 4. The molecule has 6 atom stereocenters.